The number of aliphatic hydroxyl groups excluding tert-OH is 1. The van der Waals surface area contributed by atoms with Gasteiger partial charge in [-0.15, -0.1) is 0 Å². The molecule has 0 radical (unpaired) electrons. The van der Waals surface area contributed by atoms with Gasteiger partial charge in [-0.2, -0.15) is 0 Å². The van der Waals surface area contributed by atoms with Crippen molar-refractivity contribution in [1.82, 2.24) is 20.2 Å². The molecular formula is C30H33ClN4O5. The molecule has 2 aliphatic rings. The van der Waals surface area contributed by atoms with Crippen molar-refractivity contribution in [3.63, 3.8) is 0 Å². The first-order valence-corrected chi connectivity index (χ1v) is 13.8. The molecule has 3 aromatic rings. The van der Waals surface area contributed by atoms with Crippen LogP contribution in [-0.4, -0.2) is 65.3 Å². The Morgan fingerprint density at radius 1 is 1.25 bits per heavy atom. The van der Waals surface area contributed by atoms with Crippen LogP contribution in [0.25, 0.3) is 11.3 Å². The molecule has 5 rings (SSSR count). The normalized spacial score (nSPS) is 17.9. The van der Waals surface area contributed by atoms with Gasteiger partial charge in [0.25, 0.3) is 5.91 Å². The Kier molecular flexibility index (Phi) is 8.63. The molecule has 0 unspecified atom stereocenters. The molecule has 0 saturated carbocycles. The highest BCUT2D eigenvalue weighted by Crippen LogP contribution is 2.37. The summed E-state index contributed by atoms with van der Waals surface area (Å²) in [5.41, 5.74) is 3.37. The van der Waals surface area contributed by atoms with Crippen LogP contribution in [0.5, 0.6) is 5.75 Å². The van der Waals surface area contributed by atoms with Crippen molar-refractivity contribution in [3.8, 4) is 17.0 Å². The van der Waals surface area contributed by atoms with Gasteiger partial charge in [-0.1, -0.05) is 35.9 Å². The molecule has 0 aliphatic carbocycles. The molecule has 1 aromatic heterocycles. The minimum Gasteiger partial charge on any atom is -0.497 e. The van der Waals surface area contributed by atoms with E-state index in [0.29, 0.717) is 33.5 Å². The van der Waals surface area contributed by atoms with E-state index in [1.165, 1.54) is 4.90 Å². The van der Waals surface area contributed by atoms with Crippen molar-refractivity contribution >= 4 is 23.4 Å². The predicted molar refractivity (Wildman–Crippen MR) is 150 cm³/mol. The number of halogens is 1. The van der Waals surface area contributed by atoms with Gasteiger partial charge >= 0.3 is 0 Å². The van der Waals surface area contributed by atoms with E-state index in [4.69, 9.17) is 26.1 Å². The van der Waals surface area contributed by atoms with Crippen LogP contribution in [0.4, 0.5) is 0 Å². The number of rotatable bonds is 9. The van der Waals surface area contributed by atoms with Crippen molar-refractivity contribution < 1.29 is 24.2 Å². The Hall–Kier alpha value is -3.53. The van der Waals surface area contributed by atoms with Crippen LogP contribution in [0.15, 0.2) is 48.7 Å². The number of ether oxygens (including phenoxy) is 2. The standard InChI is InChI=1S/C30H33ClN4O5/c1-18-23-7-6-21(29-25(31)15-32-27(34-29)12-19-8-10-40-11-9-19)14-24(23)30(38)35(18)16-28(37)33-26(17-36)20-4-3-5-22(13-20)39-2/h3-7,13-15,18-19,26,36H,8-12,16-17H2,1-2H3,(H,33,37)/t18-,26+/m0/s1. The molecule has 210 valence electrons. The van der Waals surface area contributed by atoms with E-state index < -0.39 is 6.04 Å². The highest BCUT2D eigenvalue weighted by atomic mass is 35.5. The molecule has 2 amide bonds. The summed E-state index contributed by atoms with van der Waals surface area (Å²) < 4.78 is 10.7. The summed E-state index contributed by atoms with van der Waals surface area (Å²) in [6.07, 6.45) is 4.33. The zero-order valence-corrected chi connectivity index (χ0v) is 23.4. The van der Waals surface area contributed by atoms with Crippen LogP contribution in [0, 0.1) is 5.92 Å². The highest BCUT2D eigenvalue weighted by molar-refractivity contribution is 6.32. The molecule has 1 fully saturated rings. The number of methoxy groups -OCH3 is 1. The quantitative estimate of drug-likeness (QED) is 0.401. The largest absolute Gasteiger partial charge is 0.497 e. The summed E-state index contributed by atoms with van der Waals surface area (Å²) in [5, 5.41) is 13.2. The molecule has 1 saturated heterocycles. The van der Waals surface area contributed by atoms with E-state index in [1.54, 1.807) is 43.6 Å². The van der Waals surface area contributed by atoms with Crippen molar-refractivity contribution in [2.45, 2.75) is 38.3 Å². The van der Waals surface area contributed by atoms with Crippen molar-refractivity contribution in [1.29, 1.82) is 0 Å². The third-order valence-electron chi connectivity index (χ3n) is 7.67. The smallest absolute Gasteiger partial charge is 0.255 e. The number of benzene rings is 2. The molecule has 10 heteroatoms. The zero-order chi connectivity index (χ0) is 28.2. The SMILES string of the molecule is COc1cccc([C@@H](CO)NC(=O)CN2C(=O)c3cc(-c4nc(CC5CCOCC5)ncc4Cl)ccc3[C@@H]2C)c1. The molecule has 2 aliphatic heterocycles. The lowest BCUT2D eigenvalue weighted by molar-refractivity contribution is -0.123. The molecule has 0 spiro atoms. The highest BCUT2D eigenvalue weighted by Gasteiger charge is 2.35. The van der Waals surface area contributed by atoms with Crippen LogP contribution in [0.2, 0.25) is 5.02 Å². The molecular weight excluding hydrogens is 532 g/mol. The summed E-state index contributed by atoms with van der Waals surface area (Å²) in [7, 11) is 1.56. The van der Waals surface area contributed by atoms with E-state index in [2.05, 4.69) is 10.3 Å². The first-order chi connectivity index (χ1) is 19.4. The van der Waals surface area contributed by atoms with Gasteiger partial charge in [0.15, 0.2) is 0 Å². The number of carbonyl (C=O) groups excluding carboxylic acids is 2. The fraction of sp³-hybridized carbons (Fsp3) is 0.400. The number of carbonyl (C=O) groups is 2. The van der Waals surface area contributed by atoms with Crippen LogP contribution >= 0.6 is 11.6 Å². The molecule has 40 heavy (non-hydrogen) atoms. The number of nitrogens with zero attached hydrogens (tertiary/aromatic N) is 3. The van der Waals surface area contributed by atoms with Crippen molar-refractivity contribution in [2.75, 3.05) is 33.5 Å². The van der Waals surface area contributed by atoms with E-state index in [9.17, 15) is 14.7 Å². The zero-order valence-electron chi connectivity index (χ0n) is 22.6. The van der Waals surface area contributed by atoms with Crippen molar-refractivity contribution in [3.05, 3.63) is 76.2 Å². The lowest BCUT2D eigenvalue weighted by Crippen LogP contribution is -2.41. The second-order valence-electron chi connectivity index (χ2n) is 10.2. The monoisotopic (exact) mass is 564 g/mol. The Morgan fingerprint density at radius 2 is 2.05 bits per heavy atom. The van der Waals surface area contributed by atoms with Crippen molar-refractivity contribution in [2.24, 2.45) is 5.92 Å². The molecule has 2 atom stereocenters. The maximum Gasteiger partial charge on any atom is 0.255 e. The van der Waals surface area contributed by atoms with Gasteiger partial charge in [0.1, 0.15) is 18.1 Å². The Labute approximate surface area is 238 Å². The third-order valence-corrected chi connectivity index (χ3v) is 7.95. The van der Waals surface area contributed by atoms with Gasteiger partial charge in [-0.25, -0.2) is 9.97 Å². The lowest BCUT2D eigenvalue weighted by Gasteiger charge is -2.23. The average Bonchev–Trinajstić information content (AvgIpc) is 3.21. The number of amides is 2. The molecule has 2 N–H and O–H groups in total. The van der Waals surface area contributed by atoms with E-state index in [-0.39, 0.29) is 31.0 Å². The molecule has 2 aromatic carbocycles. The van der Waals surface area contributed by atoms with E-state index in [1.807, 2.05) is 19.1 Å². The number of nitrogens with one attached hydrogen (secondary N) is 1. The topological polar surface area (TPSA) is 114 Å². The summed E-state index contributed by atoms with van der Waals surface area (Å²) in [5.74, 6) is 1.21. The summed E-state index contributed by atoms with van der Waals surface area (Å²) in [6.45, 7) is 2.97. The Balaban J connectivity index is 1.30. The summed E-state index contributed by atoms with van der Waals surface area (Å²) >= 11 is 6.50. The third kappa shape index (κ3) is 5.96. The van der Waals surface area contributed by atoms with Gasteiger partial charge in [0.2, 0.25) is 5.91 Å². The van der Waals surface area contributed by atoms with Gasteiger partial charge < -0.3 is 24.8 Å². The van der Waals surface area contributed by atoms with Gasteiger partial charge in [0, 0.05) is 37.0 Å². The number of hydrogen-bond donors (Lipinski definition) is 2. The molecule has 0 bridgehead atoms. The number of aliphatic hydroxyl groups is 1. The van der Waals surface area contributed by atoms with Crippen LogP contribution < -0.4 is 10.1 Å². The van der Waals surface area contributed by atoms with Gasteiger partial charge in [0.05, 0.1) is 36.5 Å². The van der Waals surface area contributed by atoms with E-state index in [0.717, 1.165) is 49.4 Å². The fourth-order valence-corrected chi connectivity index (χ4v) is 5.56. The molecule has 3 heterocycles. The second kappa shape index (κ2) is 12.3. The fourth-order valence-electron chi connectivity index (χ4n) is 5.36. The molecule has 9 nitrogen and oxygen atoms in total. The number of fused-ring (bicyclic) bond motifs is 1. The van der Waals surface area contributed by atoms with Gasteiger partial charge in [-0.05, 0) is 55.0 Å². The van der Waals surface area contributed by atoms with E-state index >= 15 is 0 Å². The summed E-state index contributed by atoms with van der Waals surface area (Å²) in [6, 6.07) is 11.8. The maximum atomic E-state index is 13.5. The first kappa shape index (κ1) is 28.0. The summed E-state index contributed by atoms with van der Waals surface area (Å²) in [4.78, 5) is 37.2. The number of hydrogen-bond acceptors (Lipinski definition) is 7. The van der Waals surface area contributed by atoms with Crippen LogP contribution in [0.3, 0.4) is 0 Å². The maximum absolute atomic E-state index is 13.5. The Bertz CT molecular complexity index is 1390. The van der Waals surface area contributed by atoms with Crippen LogP contribution in [0.1, 0.15) is 59.2 Å². The predicted octanol–water partition coefficient (Wildman–Crippen LogP) is 4.14. The van der Waals surface area contributed by atoms with Crippen LogP contribution in [-0.2, 0) is 16.0 Å². The number of aromatic nitrogens is 2. The average molecular weight is 565 g/mol. The second-order valence-corrected chi connectivity index (χ2v) is 10.6. The van der Waals surface area contributed by atoms with Gasteiger partial charge in [-0.3, -0.25) is 9.59 Å². The lowest BCUT2D eigenvalue weighted by atomic mass is 9.96. The minimum atomic E-state index is -0.625. The Morgan fingerprint density at radius 3 is 2.80 bits per heavy atom. The minimum absolute atomic E-state index is 0.145. The first-order valence-electron chi connectivity index (χ1n) is 13.5.